The molecule has 0 aromatic heterocycles. The van der Waals surface area contributed by atoms with Crippen LogP contribution in [0.5, 0.6) is 0 Å². The van der Waals surface area contributed by atoms with E-state index in [0.717, 1.165) is 12.8 Å². The van der Waals surface area contributed by atoms with E-state index >= 15 is 0 Å². The Labute approximate surface area is 147 Å². The first-order valence-electron chi connectivity index (χ1n) is 10.0. The molecule has 1 aliphatic heterocycles. The minimum Gasteiger partial charge on any atom is -0.439 e. The Hall–Kier alpha value is -1.03. The van der Waals surface area contributed by atoms with Crippen LogP contribution in [0.2, 0.25) is 0 Å². The third kappa shape index (κ3) is 6.46. The molecule has 0 aromatic rings. The predicted molar refractivity (Wildman–Crippen MR) is 97.0 cm³/mol. The molecule has 2 aliphatic rings. The number of alkyl carbamates (subject to hydrolysis) is 1. The van der Waals surface area contributed by atoms with Gasteiger partial charge in [0.15, 0.2) is 0 Å². The number of aliphatic hydroxyl groups is 1. The summed E-state index contributed by atoms with van der Waals surface area (Å²) in [5.41, 5.74) is 2.70. The quantitative estimate of drug-likeness (QED) is 0.352. The van der Waals surface area contributed by atoms with Crippen LogP contribution < -0.4 is 5.32 Å². The summed E-state index contributed by atoms with van der Waals surface area (Å²) in [7, 11) is 0. The molecule has 0 unspecified atom stereocenters. The van der Waals surface area contributed by atoms with Gasteiger partial charge in [0.05, 0.1) is 12.6 Å². The van der Waals surface area contributed by atoms with Gasteiger partial charge in [-0.3, -0.25) is 0 Å². The number of cyclic esters (lactones) is 1. The van der Waals surface area contributed by atoms with Crippen molar-refractivity contribution < 1.29 is 14.6 Å². The third-order valence-electron chi connectivity index (χ3n) is 5.26. The fraction of sp³-hybridized carbons (Fsp3) is 0.850. The maximum Gasteiger partial charge on any atom is 0.408 e. The van der Waals surface area contributed by atoms with Crippen molar-refractivity contribution in [2.24, 2.45) is 0 Å². The zero-order valence-corrected chi connectivity index (χ0v) is 15.3. The Morgan fingerprint density at radius 2 is 1.58 bits per heavy atom. The molecule has 1 saturated heterocycles. The van der Waals surface area contributed by atoms with E-state index in [0.29, 0.717) is 0 Å². The Kier molecular flexibility index (Phi) is 8.65. The highest BCUT2D eigenvalue weighted by atomic mass is 16.6. The number of carbonyl (C=O) groups is 1. The fourth-order valence-electron chi connectivity index (χ4n) is 3.65. The molecule has 138 valence electrons. The van der Waals surface area contributed by atoms with Crippen LogP contribution in [-0.2, 0) is 4.74 Å². The fourth-order valence-corrected chi connectivity index (χ4v) is 3.65. The van der Waals surface area contributed by atoms with E-state index in [1.807, 2.05) is 0 Å². The van der Waals surface area contributed by atoms with Crippen LogP contribution in [0.25, 0.3) is 0 Å². The lowest BCUT2D eigenvalue weighted by molar-refractivity contribution is 0.140. The average Bonchev–Trinajstić information content (AvgIpc) is 3.25. The summed E-state index contributed by atoms with van der Waals surface area (Å²) in [6, 6.07) is -0.248. The molecule has 0 saturated carbocycles. The second-order valence-corrected chi connectivity index (χ2v) is 7.35. The first-order chi connectivity index (χ1) is 11.8. The smallest absolute Gasteiger partial charge is 0.408 e. The highest BCUT2D eigenvalue weighted by molar-refractivity contribution is 5.71. The van der Waals surface area contributed by atoms with Gasteiger partial charge in [-0.1, -0.05) is 76.7 Å². The molecule has 24 heavy (non-hydrogen) atoms. The van der Waals surface area contributed by atoms with Crippen molar-refractivity contribution in [3.05, 3.63) is 11.1 Å². The lowest BCUT2D eigenvalue weighted by Crippen LogP contribution is -2.34. The summed E-state index contributed by atoms with van der Waals surface area (Å²) in [5, 5.41) is 11.9. The minimum atomic E-state index is -0.396. The van der Waals surface area contributed by atoms with Crippen molar-refractivity contribution in [3.63, 3.8) is 0 Å². The van der Waals surface area contributed by atoms with Crippen molar-refractivity contribution >= 4 is 6.09 Å². The summed E-state index contributed by atoms with van der Waals surface area (Å²) in [5.74, 6) is 0. The number of unbranched alkanes of at least 4 members (excludes halogenated alkanes) is 10. The number of carbonyl (C=O) groups excluding carboxylic acids is 1. The SMILES string of the molecule is CCCCCCCCCCCCCC1=C([C@@H]2OC(=O)N[C@@H]2CO)C1. The van der Waals surface area contributed by atoms with Gasteiger partial charge in [-0.2, -0.15) is 0 Å². The molecule has 4 heteroatoms. The minimum absolute atomic E-state index is 0.0500. The maximum absolute atomic E-state index is 11.3. The molecule has 1 fully saturated rings. The number of allylic oxidation sites excluding steroid dienone is 1. The maximum atomic E-state index is 11.3. The van der Waals surface area contributed by atoms with Gasteiger partial charge in [0.2, 0.25) is 0 Å². The summed E-state index contributed by atoms with van der Waals surface area (Å²) in [6.45, 7) is 2.22. The Morgan fingerprint density at radius 1 is 1.00 bits per heavy atom. The van der Waals surface area contributed by atoms with Crippen molar-refractivity contribution in [2.75, 3.05) is 6.61 Å². The van der Waals surface area contributed by atoms with Crippen LogP contribution in [0, 0.1) is 0 Å². The first kappa shape index (κ1) is 19.3. The van der Waals surface area contributed by atoms with Gasteiger partial charge >= 0.3 is 6.09 Å². The largest absolute Gasteiger partial charge is 0.439 e. The predicted octanol–water partition coefficient (Wildman–Crippen LogP) is 4.86. The Morgan fingerprint density at radius 3 is 2.17 bits per heavy atom. The summed E-state index contributed by atoms with van der Waals surface area (Å²) < 4.78 is 5.26. The van der Waals surface area contributed by atoms with E-state index in [2.05, 4.69) is 12.2 Å². The van der Waals surface area contributed by atoms with E-state index in [1.54, 1.807) is 0 Å². The van der Waals surface area contributed by atoms with Crippen LogP contribution in [-0.4, -0.2) is 30.0 Å². The van der Waals surface area contributed by atoms with E-state index < -0.39 is 6.09 Å². The number of rotatable bonds is 14. The van der Waals surface area contributed by atoms with Crippen LogP contribution in [0.1, 0.15) is 90.4 Å². The van der Waals surface area contributed by atoms with Crippen molar-refractivity contribution in [1.82, 2.24) is 5.32 Å². The molecule has 2 rings (SSSR count). The lowest BCUT2D eigenvalue weighted by atomic mass is 10.0. The number of ether oxygens (including phenoxy) is 1. The molecule has 2 N–H and O–H groups in total. The molecule has 1 amide bonds. The van der Waals surface area contributed by atoms with E-state index in [4.69, 9.17) is 4.74 Å². The molecule has 1 heterocycles. The van der Waals surface area contributed by atoms with Gasteiger partial charge in [0.25, 0.3) is 0 Å². The van der Waals surface area contributed by atoms with Gasteiger partial charge in [0, 0.05) is 0 Å². The van der Waals surface area contributed by atoms with Crippen LogP contribution in [0.4, 0.5) is 4.79 Å². The standard InChI is InChI=1S/C20H35NO3/c1-2-3-4-5-6-7-8-9-10-11-12-13-16-14-17(16)19-18(15-22)21-20(23)24-19/h18-19,22H,2-15H2,1H3,(H,21,23)/t18-,19+/m1/s1. The third-order valence-corrected chi connectivity index (χ3v) is 5.26. The van der Waals surface area contributed by atoms with Crippen molar-refractivity contribution in [2.45, 2.75) is 103 Å². The Balaban J connectivity index is 1.45. The van der Waals surface area contributed by atoms with E-state index in [-0.39, 0.29) is 18.8 Å². The van der Waals surface area contributed by atoms with Crippen molar-refractivity contribution in [3.8, 4) is 0 Å². The van der Waals surface area contributed by atoms with Gasteiger partial charge in [-0.25, -0.2) is 4.79 Å². The van der Waals surface area contributed by atoms with Crippen molar-refractivity contribution in [1.29, 1.82) is 0 Å². The summed E-state index contributed by atoms with van der Waals surface area (Å²) >= 11 is 0. The molecule has 0 radical (unpaired) electrons. The molecule has 0 aromatic carbocycles. The molecule has 0 bridgehead atoms. The summed E-state index contributed by atoms with van der Waals surface area (Å²) in [4.78, 5) is 11.3. The highest BCUT2D eigenvalue weighted by Gasteiger charge is 2.41. The zero-order valence-electron chi connectivity index (χ0n) is 15.3. The number of hydrogen-bond acceptors (Lipinski definition) is 3. The number of aliphatic hydroxyl groups excluding tert-OH is 1. The second-order valence-electron chi connectivity index (χ2n) is 7.35. The van der Waals surface area contributed by atoms with E-state index in [1.165, 1.54) is 81.8 Å². The lowest BCUT2D eigenvalue weighted by Gasteiger charge is -2.10. The van der Waals surface area contributed by atoms with E-state index in [9.17, 15) is 9.90 Å². The average molecular weight is 338 g/mol. The zero-order chi connectivity index (χ0) is 17.2. The second kappa shape index (κ2) is 10.8. The number of hydrogen-bond donors (Lipinski definition) is 2. The first-order valence-corrected chi connectivity index (χ1v) is 10.0. The van der Waals surface area contributed by atoms with Gasteiger partial charge in [-0.05, 0) is 24.8 Å². The highest BCUT2D eigenvalue weighted by Crippen LogP contribution is 2.41. The molecular weight excluding hydrogens is 302 g/mol. The number of nitrogens with one attached hydrogen (secondary N) is 1. The van der Waals surface area contributed by atoms with Gasteiger partial charge in [-0.15, -0.1) is 0 Å². The van der Waals surface area contributed by atoms with Gasteiger partial charge in [0.1, 0.15) is 6.10 Å². The van der Waals surface area contributed by atoms with Crippen LogP contribution in [0.3, 0.4) is 0 Å². The Bertz CT molecular complexity index is 419. The normalized spacial score (nSPS) is 22.7. The number of amides is 1. The monoisotopic (exact) mass is 337 g/mol. The molecule has 2 atom stereocenters. The molecule has 0 spiro atoms. The molecule has 4 nitrogen and oxygen atoms in total. The molecular formula is C20H35NO3. The van der Waals surface area contributed by atoms with Crippen LogP contribution in [0.15, 0.2) is 11.1 Å². The topological polar surface area (TPSA) is 58.6 Å². The molecule has 1 aliphatic carbocycles. The van der Waals surface area contributed by atoms with Gasteiger partial charge < -0.3 is 15.2 Å². The summed E-state index contributed by atoms with van der Waals surface area (Å²) in [6.07, 6.45) is 16.5. The van der Waals surface area contributed by atoms with Crippen LogP contribution >= 0.6 is 0 Å².